The second kappa shape index (κ2) is 10.9. The summed E-state index contributed by atoms with van der Waals surface area (Å²) in [5, 5.41) is 3.97. The molecule has 34 heavy (non-hydrogen) atoms. The number of aromatic nitrogens is 2. The molecule has 0 atom stereocenters. The van der Waals surface area contributed by atoms with E-state index in [2.05, 4.69) is 15.0 Å². The molecule has 182 valence electrons. The molecule has 1 aliphatic rings. The van der Waals surface area contributed by atoms with Crippen molar-refractivity contribution in [2.75, 3.05) is 39.9 Å². The predicted octanol–water partition coefficient (Wildman–Crippen LogP) is 2.56. The van der Waals surface area contributed by atoms with E-state index >= 15 is 0 Å². The van der Waals surface area contributed by atoms with Crippen LogP contribution in [-0.2, 0) is 23.2 Å². The van der Waals surface area contributed by atoms with Gasteiger partial charge in [-0.1, -0.05) is 5.16 Å². The maximum atomic E-state index is 13.0. The van der Waals surface area contributed by atoms with Gasteiger partial charge >= 0.3 is 0 Å². The molecule has 2 heterocycles. The van der Waals surface area contributed by atoms with E-state index in [0.717, 1.165) is 5.75 Å². The van der Waals surface area contributed by atoms with Crippen LogP contribution in [0.5, 0.6) is 17.2 Å². The van der Waals surface area contributed by atoms with Crippen LogP contribution in [0.2, 0.25) is 0 Å². The fourth-order valence-electron chi connectivity index (χ4n) is 3.58. The van der Waals surface area contributed by atoms with E-state index in [-0.39, 0.29) is 11.5 Å². The first-order chi connectivity index (χ1) is 16.5. The Balaban J connectivity index is 1.26. The summed E-state index contributed by atoms with van der Waals surface area (Å²) < 4.78 is 48.9. The average molecular weight is 489 g/mol. The van der Waals surface area contributed by atoms with Crippen molar-refractivity contribution in [3.63, 3.8) is 0 Å². The SMILES string of the molecule is CCOc1ccc(S(=O)(=O)N2CCN(Cc3nc(COc4ccc(OC)cc4)no3)CC2)cc1. The zero-order valence-corrected chi connectivity index (χ0v) is 20.0. The molecule has 1 aliphatic heterocycles. The quantitative estimate of drug-likeness (QED) is 0.425. The lowest BCUT2D eigenvalue weighted by Crippen LogP contribution is -2.48. The molecule has 1 fully saturated rings. The molecule has 0 saturated carbocycles. The first kappa shape index (κ1) is 24.0. The molecule has 0 radical (unpaired) electrons. The molecule has 4 rings (SSSR count). The standard InChI is InChI=1S/C23H28N4O6S/c1-3-31-19-8-10-21(11-9-19)34(28,29)27-14-12-26(13-15-27)16-23-24-22(25-33-23)17-32-20-6-4-18(30-2)5-7-20/h4-11H,3,12-17H2,1-2H3. The smallest absolute Gasteiger partial charge is 0.243 e. The van der Waals surface area contributed by atoms with Gasteiger partial charge in [-0.15, -0.1) is 0 Å². The highest BCUT2D eigenvalue weighted by Gasteiger charge is 2.29. The van der Waals surface area contributed by atoms with Crippen LogP contribution in [0.4, 0.5) is 0 Å². The molecule has 0 aliphatic carbocycles. The Morgan fingerprint density at radius 1 is 0.912 bits per heavy atom. The van der Waals surface area contributed by atoms with Gasteiger partial charge in [-0.2, -0.15) is 9.29 Å². The van der Waals surface area contributed by atoms with Crippen LogP contribution in [0, 0.1) is 0 Å². The predicted molar refractivity (Wildman–Crippen MR) is 123 cm³/mol. The fraction of sp³-hybridized carbons (Fsp3) is 0.391. The normalized spacial score (nSPS) is 15.2. The van der Waals surface area contributed by atoms with E-state index < -0.39 is 10.0 Å². The van der Waals surface area contributed by atoms with Crippen LogP contribution < -0.4 is 14.2 Å². The van der Waals surface area contributed by atoms with Crippen LogP contribution in [0.25, 0.3) is 0 Å². The molecule has 11 heteroatoms. The van der Waals surface area contributed by atoms with Crippen LogP contribution >= 0.6 is 0 Å². The minimum atomic E-state index is -3.55. The summed E-state index contributed by atoms with van der Waals surface area (Å²) in [6.07, 6.45) is 0. The summed E-state index contributed by atoms with van der Waals surface area (Å²) in [7, 11) is -1.94. The van der Waals surface area contributed by atoms with Crippen molar-refractivity contribution < 1.29 is 27.2 Å². The highest BCUT2D eigenvalue weighted by atomic mass is 32.2. The van der Waals surface area contributed by atoms with Gasteiger partial charge in [0.15, 0.2) is 6.61 Å². The lowest BCUT2D eigenvalue weighted by atomic mass is 10.3. The molecule has 3 aromatic rings. The maximum Gasteiger partial charge on any atom is 0.243 e. The molecule has 0 bridgehead atoms. The van der Waals surface area contributed by atoms with Gasteiger partial charge in [0, 0.05) is 26.2 Å². The second-order valence-corrected chi connectivity index (χ2v) is 9.59. The third-order valence-electron chi connectivity index (χ3n) is 5.40. The molecule has 10 nitrogen and oxygen atoms in total. The van der Waals surface area contributed by atoms with E-state index in [0.29, 0.717) is 62.5 Å². The monoisotopic (exact) mass is 488 g/mol. The van der Waals surface area contributed by atoms with Crippen molar-refractivity contribution in [2.45, 2.75) is 25.0 Å². The molecule has 0 unspecified atom stereocenters. The Hall–Kier alpha value is -3.15. The number of benzene rings is 2. The summed E-state index contributed by atoms with van der Waals surface area (Å²) in [4.78, 5) is 6.73. The van der Waals surface area contributed by atoms with Gasteiger partial charge < -0.3 is 18.7 Å². The zero-order chi connectivity index (χ0) is 24.0. The van der Waals surface area contributed by atoms with Crippen molar-refractivity contribution in [2.24, 2.45) is 0 Å². The second-order valence-electron chi connectivity index (χ2n) is 7.65. The maximum absolute atomic E-state index is 13.0. The van der Waals surface area contributed by atoms with Gasteiger partial charge in [-0.25, -0.2) is 8.42 Å². The molecule has 1 aromatic heterocycles. The van der Waals surface area contributed by atoms with E-state index in [9.17, 15) is 8.42 Å². The van der Waals surface area contributed by atoms with E-state index in [1.54, 1.807) is 43.5 Å². The Morgan fingerprint density at radius 3 is 2.18 bits per heavy atom. The number of methoxy groups -OCH3 is 1. The van der Waals surface area contributed by atoms with Gasteiger partial charge in [-0.05, 0) is 55.5 Å². The van der Waals surface area contributed by atoms with E-state index in [4.69, 9.17) is 18.7 Å². The minimum absolute atomic E-state index is 0.184. The molecule has 0 amide bonds. The van der Waals surface area contributed by atoms with Gasteiger partial charge in [-0.3, -0.25) is 4.90 Å². The van der Waals surface area contributed by atoms with Crippen LogP contribution in [0.15, 0.2) is 57.9 Å². The highest BCUT2D eigenvalue weighted by Crippen LogP contribution is 2.22. The average Bonchev–Trinajstić information content (AvgIpc) is 3.31. The summed E-state index contributed by atoms with van der Waals surface area (Å²) >= 11 is 0. The molecule has 0 N–H and O–H groups in total. The molecule has 2 aromatic carbocycles. The lowest BCUT2D eigenvalue weighted by Gasteiger charge is -2.33. The van der Waals surface area contributed by atoms with Crippen molar-refractivity contribution in [1.29, 1.82) is 0 Å². The number of sulfonamides is 1. The molecular weight excluding hydrogens is 460 g/mol. The van der Waals surface area contributed by atoms with Crippen LogP contribution in [0.1, 0.15) is 18.6 Å². The third kappa shape index (κ3) is 5.85. The van der Waals surface area contributed by atoms with Crippen molar-refractivity contribution in [3.05, 3.63) is 60.2 Å². The summed E-state index contributed by atoms with van der Waals surface area (Å²) in [5.74, 6) is 3.00. The third-order valence-corrected chi connectivity index (χ3v) is 7.31. The van der Waals surface area contributed by atoms with Crippen molar-refractivity contribution in [1.82, 2.24) is 19.3 Å². The number of rotatable bonds is 10. The molecule has 0 spiro atoms. The number of nitrogens with zero attached hydrogens (tertiary/aromatic N) is 4. The Labute approximate surface area is 199 Å². The first-order valence-corrected chi connectivity index (χ1v) is 12.5. The van der Waals surface area contributed by atoms with Gasteiger partial charge in [0.05, 0.1) is 25.2 Å². The van der Waals surface area contributed by atoms with Gasteiger partial charge in [0.1, 0.15) is 17.2 Å². The summed E-state index contributed by atoms with van der Waals surface area (Å²) in [5.41, 5.74) is 0. The van der Waals surface area contributed by atoms with E-state index in [1.807, 2.05) is 19.1 Å². The topological polar surface area (TPSA) is 107 Å². The number of piperazine rings is 1. The van der Waals surface area contributed by atoms with Gasteiger partial charge in [0.2, 0.25) is 21.7 Å². The zero-order valence-electron chi connectivity index (χ0n) is 19.2. The minimum Gasteiger partial charge on any atom is -0.497 e. The fourth-order valence-corrected chi connectivity index (χ4v) is 5.00. The van der Waals surface area contributed by atoms with Crippen LogP contribution in [0.3, 0.4) is 0 Å². The first-order valence-electron chi connectivity index (χ1n) is 11.0. The van der Waals surface area contributed by atoms with Gasteiger partial charge in [0.25, 0.3) is 0 Å². The molecule has 1 saturated heterocycles. The largest absolute Gasteiger partial charge is 0.497 e. The Bertz CT molecular complexity index is 1160. The lowest BCUT2D eigenvalue weighted by molar-refractivity contribution is 0.163. The number of ether oxygens (including phenoxy) is 3. The van der Waals surface area contributed by atoms with Crippen molar-refractivity contribution in [3.8, 4) is 17.2 Å². The highest BCUT2D eigenvalue weighted by molar-refractivity contribution is 7.89. The molecular formula is C23H28N4O6S. The number of hydrogen-bond acceptors (Lipinski definition) is 9. The van der Waals surface area contributed by atoms with E-state index in [1.165, 1.54) is 4.31 Å². The number of hydrogen-bond donors (Lipinski definition) is 0. The summed E-state index contributed by atoms with van der Waals surface area (Å²) in [6.45, 7) is 4.96. The Kier molecular flexibility index (Phi) is 7.66. The summed E-state index contributed by atoms with van der Waals surface area (Å²) in [6, 6.07) is 13.8. The van der Waals surface area contributed by atoms with Crippen molar-refractivity contribution >= 4 is 10.0 Å². The van der Waals surface area contributed by atoms with Crippen LogP contribution in [-0.4, -0.2) is 67.7 Å². The Morgan fingerprint density at radius 2 is 1.53 bits per heavy atom.